The van der Waals surface area contributed by atoms with E-state index in [0.29, 0.717) is 31.0 Å². The summed E-state index contributed by atoms with van der Waals surface area (Å²) in [5.74, 6) is 0.408. The van der Waals surface area contributed by atoms with Crippen molar-refractivity contribution < 1.29 is 24.2 Å². The number of nitrogens with zero attached hydrogens (tertiary/aromatic N) is 1. The second kappa shape index (κ2) is 10.4. The van der Waals surface area contributed by atoms with Crippen LogP contribution in [0.4, 0.5) is 0 Å². The quantitative estimate of drug-likeness (QED) is 0.293. The van der Waals surface area contributed by atoms with Gasteiger partial charge in [0.15, 0.2) is 0 Å². The van der Waals surface area contributed by atoms with E-state index in [1.165, 1.54) is 0 Å². The molecular formula is C30H24ClNO5. The Kier molecular flexibility index (Phi) is 6.84. The molecule has 0 saturated carbocycles. The highest BCUT2D eigenvalue weighted by Crippen LogP contribution is 2.30. The molecule has 7 heteroatoms. The number of benzene rings is 4. The zero-order valence-corrected chi connectivity index (χ0v) is 20.9. The van der Waals surface area contributed by atoms with Gasteiger partial charge in [0, 0.05) is 18.7 Å². The van der Waals surface area contributed by atoms with E-state index in [-0.39, 0.29) is 16.5 Å². The molecule has 0 saturated heterocycles. The van der Waals surface area contributed by atoms with Gasteiger partial charge in [0.05, 0.1) is 17.7 Å². The lowest BCUT2D eigenvalue weighted by Crippen LogP contribution is -2.23. The van der Waals surface area contributed by atoms with E-state index >= 15 is 0 Å². The Balaban J connectivity index is 1.26. The Bertz CT molecular complexity index is 1480. The maximum atomic E-state index is 12.9. The third-order valence-corrected chi connectivity index (χ3v) is 6.68. The Morgan fingerprint density at radius 2 is 1.68 bits per heavy atom. The predicted octanol–water partition coefficient (Wildman–Crippen LogP) is 6.45. The third kappa shape index (κ3) is 5.29. The molecule has 4 aromatic carbocycles. The standard InChI is InChI=1S/C30H24ClNO5/c1-36-24-8-5-19(6-9-24)16-32-17-23-14-25(10-11-26(23)29(32)33)37-18-20-3-2-4-21(13-20)22-7-12-28(31)27(15-22)30(34)35/h2-15H,16-18H2,1H3,(H,34,35). The number of carbonyl (C=O) groups is 2. The Morgan fingerprint density at radius 3 is 2.43 bits per heavy atom. The van der Waals surface area contributed by atoms with Crippen LogP contribution in [0.2, 0.25) is 5.02 Å². The number of hydrogen-bond donors (Lipinski definition) is 1. The van der Waals surface area contributed by atoms with Crippen LogP contribution in [-0.4, -0.2) is 29.0 Å². The van der Waals surface area contributed by atoms with Crippen molar-refractivity contribution in [2.45, 2.75) is 19.7 Å². The number of rotatable bonds is 8. The highest BCUT2D eigenvalue weighted by Gasteiger charge is 2.27. The van der Waals surface area contributed by atoms with Crippen molar-refractivity contribution in [2.75, 3.05) is 7.11 Å². The fourth-order valence-electron chi connectivity index (χ4n) is 4.40. The molecule has 0 aromatic heterocycles. The summed E-state index contributed by atoms with van der Waals surface area (Å²) in [6, 6.07) is 25.9. The van der Waals surface area contributed by atoms with Crippen LogP contribution in [0.1, 0.15) is 37.4 Å². The number of carboxylic acid groups (broad SMARTS) is 1. The molecule has 0 spiro atoms. The van der Waals surface area contributed by atoms with E-state index in [9.17, 15) is 14.7 Å². The second-order valence-corrected chi connectivity index (χ2v) is 9.22. The summed E-state index contributed by atoms with van der Waals surface area (Å²) >= 11 is 6.01. The summed E-state index contributed by atoms with van der Waals surface area (Å²) in [6.45, 7) is 1.37. The maximum Gasteiger partial charge on any atom is 0.337 e. The van der Waals surface area contributed by atoms with Crippen molar-refractivity contribution in [1.29, 1.82) is 0 Å². The smallest absolute Gasteiger partial charge is 0.337 e. The first-order valence-corrected chi connectivity index (χ1v) is 12.1. The molecule has 186 valence electrons. The summed E-state index contributed by atoms with van der Waals surface area (Å²) in [4.78, 5) is 26.1. The van der Waals surface area contributed by atoms with Crippen LogP contribution in [0.5, 0.6) is 11.5 Å². The van der Waals surface area contributed by atoms with Crippen molar-refractivity contribution in [2.24, 2.45) is 0 Å². The normalized spacial score (nSPS) is 12.4. The predicted molar refractivity (Wildman–Crippen MR) is 141 cm³/mol. The fraction of sp³-hybridized carbons (Fsp3) is 0.133. The van der Waals surface area contributed by atoms with Gasteiger partial charge in [-0.15, -0.1) is 0 Å². The minimum Gasteiger partial charge on any atom is -0.497 e. The largest absolute Gasteiger partial charge is 0.497 e. The van der Waals surface area contributed by atoms with Crippen molar-refractivity contribution >= 4 is 23.5 Å². The average molecular weight is 514 g/mol. The van der Waals surface area contributed by atoms with E-state index in [2.05, 4.69) is 0 Å². The minimum atomic E-state index is -1.07. The summed E-state index contributed by atoms with van der Waals surface area (Å²) < 4.78 is 11.2. The van der Waals surface area contributed by atoms with Crippen LogP contribution in [0.15, 0.2) is 84.9 Å². The number of amides is 1. The van der Waals surface area contributed by atoms with Gasteiger partial charge in [-0.1, -0.05) is 48.0 Å². The molecule has 4 aromatic rings. The Morgan fingerprint density at radius 1 is 0.919 bits per heavy atom. The number of fused-ring (bicyclic) bond motifs is 1. The molecule has 0 atom stereocenters. The van der Waals surface area contributed by atoms with Gasteiger partial charge in [-0.3, -0.25) is 4.79 Å². The zero-order valence-electron chi connectivity index (χ0n) is 20.1. The average Bonchev–Trinajstić information content (AvgIpc) is 3.22. The minimum absolute atomic E-state index is 0.00811. The molecular weight excluding hydrogens is 490 g/mol. The first-order chi connectivity index (χ1) is 17.9. The lowest BCUT2D eigenvalue weighted by Gasteiger charge is -2.15. The van der Waals surface area contributed by atoms with Gasteiger partial charge < -0.3 is 19.5 Å². The first kappa shape index (κ1) is 24.4. The molecule has 5 rings (SSSR count). The van der Waals surface area contributed by atoms with E-state index in [1.807, 2.05) is 71.6 Å². The van der Waals surface area contributed by atoms with Crippen LogP contribution in [-0.2, 0) is 19.7 Å². The zero-order chi connectivity index (χ0) is 25.9. The van der Waals surface area contributed by atoms with Crippen LogP contribution in [0.3, 0.4) is 0 Å². The number of ether oxygens (including phenoxy) is 2. The molecule has 1 aliphatic rings. The summed E-state index contributed by atoms with van der Waals surface area (Å²) in [7, 11) is 1.63. The SMILES string of the molecule is COc1ccc(CN2Cc3cc(OCc4cccc(-c5ccc(Cl)c(C(=O)O)c5)c4)ccc3C2=O)cc1. The molecule has 1 amide bonds. The van der Waals surface area contributed by atoms with E-state index in [0.717, 1.165) is 33.6 Å². The summed E-state index contributed by atoms with van der Waals surface area (Å²) in [5, 5.41) is 9.56. The number of methoxy groups -OCH3 is 1. The molecule has 1 heterocycles. The van der Waals surface area contributed by atoms with E-state index in [1.54, 1.807) is 25.3 Å². The van der Waals surface area contributed by atoms with Crippen LogP contribution < -0.4 is 9.47 Å². The van der Waals surface area contributed by atoms with E-state index < -0.39 is 5.97 Å². The maximum absolute atomic E-state index is 12.9. The first-order valence-electron chi connectivity index (χ1n) is 11.7. The van der Waals surface area contributed by atoms with Gasteiger partial charge >= 0.3 is 5.97 Å². The van der Waals surface area contributed by atoms with Crippen LogP contribution >= 0.6 is 11.6 Å². The summed E-state index contributed by atoms with van der Waals surface area (Å²) in [6.07, 6.45) is 0. The molecule has 0 aliphatic carbocycles. The molecule has 6 nitrogen and oxygen atoms in total. The topological polar surface area (TPSA) is 76.1 Å². The third-order valence-electron chi connectivity index (χ3n) is 6.35. The highest BCUT2D eigenvalue weighted by molar-refractivity contribution is 6.33. The Labute approximate surface area is 219 Å². The monoisotopic (exact) mass is 513 g/mol. The molecule has 0 radical (unpaired) electrons. The lowest BCUT2D eigenvalue weighted by atomic mass is 10.0. The van der Waals surface area contributed by atoms with E-state index in [4.69, 9.17) is 21.1 Å². The molecule has 1 N–H and O–H groups in total. The van der Waals surface area contributed by atoms with Crippen LogP contribution in [0.25, 0.3) is 11.1 Å². The second-order valence-electron chi connectivity index (χ2n) is 8.82. The van der Waals surface area contributed by atoms with Crippen molar-refractivity contribution in [3.63, 3.8) is 0 Å². The molecule has 0 fully saturated rings. The van der Waals surface area contributed by atoms with Gasteiger partial charge in [-0.05, 0) is 76.3 Å². The van der Waals surface area contributed by atoms with Crippen molar-refractivity contribution in [3.8, 4) is 22.6 Å². The van der Waals surface area contributed by atoms with Gasteiger partial charge in [-0.25, -0.2) is 4.79 Å². The van der Waals surface area contributed by atoms with Crippen LogP contribution in [0, 0.1) is 0 Å². The lowest BCUT2D eigenvalue weighted by molar-refractivity contribution is 0.0696. The number of hydrogen-bond acceptors (Lipinski definition) is 4. The molecule has 1 aliphatic heterocycles. The number of carbonyl (C=O) groups excluding carboxylic acids is 1. The van der Waals surface area contributed by atoms with Gasteiger partial charge in [0.1, 0.15) is 18.1 Å². The number of halogens is 1. The summed E-state index contributed by atoms with van der Waals surface area (Å²) in [5.41, 5.74) is 5.30. The fourth-order valence-corrected chi connectivity index (χ4v) is 4.60. The number of carboxylic acids is 1. The van der Waals surface area contributed by atoms with Gasteiger partial charge in [0.2, 0.25) is 0 Å². The van der Waals surface area contributed by atoms with Gasteiger partial charge in [0.25, 0.3) is 5.91 Å². The van der Waals surface area contributed by atoms with Crippen molar-refractivity contribution in [1.82, 2.24) is 4.90 Å². The molecule has 0 unspecified atom stereocenters. The van der Waals surface area contributed by atoms with Gasteiger partial charge in [-0.2, -0.15) is 0 Å². The highest BCUT2D eigenvalue weighted by atomic mass is 35.5. The number of aromatic carboxylic acids is 1. The van der Waals surface area contributed by atoms with Crippen molar-refractivity contribution in [3.05, 3.63) is 118 Å². The molecule has 0 bridgehead atoms. The Hall–Kier alpha value is -4.29. The molecule has 37 heavy (non-hydrogen) atoms.